The second-order valence-corrected chi connectivity index (χ2v) is 16.0. The standard InChI is InChI=1S/C35H53N9O16S/c1-16(45)39-18(11-25(48)49)29(55)40-17(7-5-6-9-38-34(36)37)28(54)41-19(12-26(50)51)30(56)42-20(13-27(52)53)31(57)43-21(33(59)60)15-61-22-14-24(47)44(32(22)58)10-8-23(46)35(2,3)4/h17-22H,5-15H2,1-4H3,(H,39,45)(H,40,55)(H,41,54)(H,42,56)(H,43,57)(H,48,49)(H,50,51)(H,52,53)(H,59,60)(H4,36,37,38)/t17-,18-,19-,20-,21-,22?/m0/s1. The summed E-state index contributed by atoms with van der Waals surface area (Å²) in [6.07, 6.45) is -3.55. The van der Waals surface area contributed by atoms with Gasteiger partial charge in [-0.05, 0) is 19.3 Å². The number of carboxylic acid groups (broad SMARTS) is 4. The van der Waals surface area contributed by atoms with E-state index in [0.717, 1.165) is 11.8 Å². The lowest BCUT2D eigenvalue weighted by Crippen LogP contribution is -2.59. The number of hydrogen-bond acceptors (Lipinski definition) is 14. The number of Topliss-reactive ketones (excluding diaryl/α,β-unsaturated/α-hetero) is 1. The molecule has 1 aliphatic rings. The third-order valence-corrected chi connectivity index (χ3v) is 9.94. The first-order valence-corrected chi connectivity index (χ1v) is 19.7. The SMILES string of the molecule is CC(=O)N[C@@H](CC(=O)O)C(=O)N[C@@H](CCCCNC(=N)N)C(=O)N[C@@H](CC(=O)O)C(=O)N[C@@H](CC(=O)O)C(=O)N[C@@H](CSC1CC(=O)N(CCC(=O)C(C)(C)C)C1=O)C(=O)O. The summed E-state index contributed by atoms with van der Waals surface area (Å²) in [5.74, 6) is -14.8. The fraction of sp³-hybridized carbons (Fsp3) is 0.629. The number of carbonyl (C=O) groups is 12. The van der Waals surface area contributed by atoms with Crippen molar-refractivity contribution in [1.29, 1.82) is 5.41 Å². The molecule has 0 aromatic carbocycles. The molecule has 7 amide bonds. The van der Waals surface area contributed by atoms with Gasteiger partial charge in [0.05, 0.1) is 24.5 Å². The molecule has 0 spiro atoms. The lowest BCUT2D eigenvalue weighted by atomic mass is 9.89. The van der Waals surface area contributed by atoms with Gasteiger partial charge in [-0.25, -0.2) is 4.79 Å². The largest absolute Gasteiger partial charge is 0.481 e. The summed E-state index contributed by atoms with van der Waals surface area (Å²) in [5.41, 5.74) is 4.52. The number of carbonyl (C=O) groups excluding carboxylic acids is 8. The molecule has 1 rings (SSSR count). The van der Waals surface area contributed by atoms with Crippen LogP contribution in [0.1, 0.15) is 79.1 Å². The third kappa shape index (κ3) is 19.5. The van der Waals surface area contributed by atoms with Gasteiger partial charge >= 0.3 is 23.9 Å². The number of carboxylic acids is 4. The molecule has 1 unspecified atom stereocenters. The topological polar surface area (TPSA) is 411 Å². The van der Waals surface area contributed by atoms with E-state index in [0.29, 0.717) is 11.8 Å². The second-order valence-electron chi connectivity index (χ2n) is 14.8. The van der Waals surface area contributed by atoms with Crippen LogP contribution < -0.4 is 37.6 Å². The summed E-state index contributed by atoms with van der Waals surface area (Å²) in [7, 11) is 0. The highest BCUT2D eigenvalue weighted by atomic mass is 32.2. The zero-order valence-corrected chi connectivity index (χ0v) is 34.7. The first kappa shape index (κ1) is 52.7. The molecule has 13 N–H and O–H groups in total. The van der Waals surface area contributed by atoms with E-state index in [2.05, 4.69) is 21.3 Å². The lowest BCUT2D eigenvalue weighted by molar-refractivity contribution is -0.144. The van der Waals surface area contributed by atoms with Crippen LogP contribution in [0.15, 0.2) is 0 Å². The Hall–Kier alpha value is -6.34. The number of unbranched alkanes of at least 4 members (excludes halogenated alkanes) is 1. The van der Waals surface area contributed by atoms with Crippen molar-refractivity contribution in [3.63, 3.8) is 0 Å². The van der Waals surface area contributed by atoms with Crippen LogP contribution in [0, 0.1) is 10.8 Å². The van der Waals surface area contributed by atoms with Crippen molar-refractivity contribution in [2.75, 3.05) is 18.8 Å². The Balaban J connectivity index is 3.22. The predicted molar refractivity (Wildman–Crippen MR) is 210 cm³/mol. The highest BCUT2D eigenvalue weighted by molar-refractivity contribution is 8.00. The molecule has 0 bridgehead atoms. The first-order valence-electron chi connectivity index (χ1n) is 18.7. The van der Waals surface area contributed by atoms with Gasteiger partial charge in [0, 0.05) is 44.0 Å². The number of imide groups is 1. The summed E-state index contributed by atoms with van der Waals surface area (Å²) in [6.45, 7) is 5.96. The van der Waals surface area contributed by atoms with E-state index in [1.165, 1.54) is 0 Å². The number of thioether (sulfide) groups is 1. The number of amides is 7. The minimum atomic E-state index is -2.07. The maximum Gasteiger partial charge on any atom is 0.327 e. The Morgan fingerprint density at radius 3 is 1.61 bits per heavy atom. The fourth-order valence-electron chi connectivity index (χ4n) is 5.44. The van der Waals surface area contributed by atoms with Crippen LogP contribution in [-0.4, -0.2) is 157 Å². The maximum absolute atomic E-state index is 13.5. The van der Waals surface area contributed by atoms with Crippen LogP contribution in [0.3, 0.4) is 0 Å². The second kappa shape index (κ2) is 24.7. The third-order valence-electron chi connectivity index (χ3n) is 8.64. The Morgan fingerprint density at radius 1 is 0.738 bits per heavy atom. The van der Waals surface area contributed by atoms with Crippen molar-refractivity contribution >= 4 is 88.7 Å². The summed E-state index contributed by atoms with van der Waals surface area (Å²) >= 11 is 0.692. The first-order chi connectivity index (χ1) is 28.2. The van der Waals surface area contributed by atoms with Gasteiger partial charge in [0.2, 0.25) is 41.4 Å². The minimum Gasteiger partial charge on any atom is -0.481 e. The van der Waals surface area contributed by atoms with E-state index < -0.39 is 131 Å². The number of rotatable bonds is 27. The van der Waals surface area contributed by atoms with Gasteiger partial charge in [0.15, 0.2) is 5.96 Å². The van der Waals surface area contributed by atoms with Crippen molar-refractivity contribution in [1.82, 2.24) is 36.8 Å². The highest BCUT2D eigenvalue weighted by Gasteiger charge is 2.41. The molecule has 1 fully saturated rings. The zero-order valence-electron chi connectivity index (χ0n) is 33.9. The molecule has 1 heterocycles. The van der Waals surface area contributed by atoms with Crippen LogP contribution in [0.25, 0.3) is 0 Å². The fourth-order valence-corrected chi connectivity index (χ4v) is 6.63. The number of guanidine groups is 1. The molecule has 26 heteroatoms. The van der Waals surface area contributed by atoms with Crippen molar-refractivity contribution in [2.24, 2.45) is 11.1 Å². The molecule has 0 radical (unpaired) electrons. The number of nitrogens with one attached hydrogen (secondary N) is 7. The van der Waals surface area contributed by atoms with Gasteiger partial charge in [0.1, 0.15) is 36.0 Å². The summed E-state index contributed by atoms with van der Waals surface area (Å²) in [6, 6.07) is -9.23. The van der Waals surface area contributed by atoms with Crippen LogP contribution in [-0.2, 0) is 57.5 Å². The number of ketones is 1. The molecule has 25 nitrogen and oxygen atoms in total. The Kier molecular flexibility index (Phi) is 21.3. The molecule has 0 aromatic rings. The summed E-state index contributed by atoms with van der Waals surface area (Å²) in [5, 5.41) is 57.2. The molecule has 0 aromatic heterocycles. The Labute approximate surface area is 352 Å². The van der Waals surface area contributed by atoms with E-state index in [4.69, 9.17) is 11.1 Å². The molecule has 0 saturated carbocycles. The van der Waals surface area contributed by atoms with E-state index in [1.807, 2.05) is 10.6 Å². The summed E-state index contributed by atoms with van der Waals surface area (Å²) in [4.78, 5) is 150. The number of likely N-dealkylation sites (tertiary alicyclic amines) is 1. The normalized spacial score (nSPS) is 16.1. The van der Waals surface area contributed by atoms with Gasteiger partial charge < -0.3 is 58.1 Å². The minimum absolute atomic E-state index is 0.104. The average molecular weight is 888 g/mol. The molecule has 61 heavy (non-hydrogen) atoms. The Morgan fingerprint density at radius 2 is 1.18 bits per heavy atom. The van der Waals surface area contributed by atoms with Gasteiger partial charge in [-0.1, -0.05) is 20.8 Å². The molecular weight excluding hydrogens is 834 g/mol. The predicted octanol–water partition coefficient (Wildman–Crippen LogP) is -3.54. The van der Waals surface area contributed by atoms with Crippen LogP contribution in [0.2, 0.25) is 0 Å². The highest BCUT2D eigenvalue weighted by Crippen LogP contribution is 2.27. The molecule has 1 aliphatic heterocycles. The van der Waals surface area contributed by atoms with Gasteiger partial charge in [-0.2, -0.15) is 0 Å². The smallest absolute Gasteiger partial charge is 0.327 e. The molecular formula is C35H53N9O16S. The number of nitrogens with zero attached hydrogens (tertiary/aromatic N) is 1. The van der Waals surface area contributed by atoms with Crippen molar-refractivity contribution in [2.45, 2.75) is 115 Å². The van der Waals surface area contributed by atoms with Gasteiger partial charge in [-0.3, -0.25) is 63.0 Å². The van der Waals surface area contributed by atoms with Crippen molar-refractivity contribution in [3.8, 4) is 0 Å². The van der Waals surface area contributed by atoms with Crippen molar-refractivity contribution in [3.05, 3.63) is 0 Å². The zero-order chi connectivity index (χ0) is 46.8. The lowest BCUT2D eigenvalue weighted by Gasteiger charge is -2.26. The average Bonchev–Trinajstić information content (AvgIpc) is 3.39. The van der Waals surface area contributed by atoms with E-state index in [-0.39, 0.29) is 56.9 Å². The molecule has 6 atom stereocenters. The number of nitrogens with two attached hydrogens (primary N) is 1. The van der Waals surface area contributed by atoms with Crippen LogP contribution >= 0.6 is 11.8 Å². The quantitative estimate of drug-likeness (QED) is 0.0164. The van der Waals surface area contributed by atoms with Gasteiger partial charge in [-0.15, -0.1) is 11.8 Å². The van der Waals surface area contributed by atoms with E-state index in [9.17, 15) is 78.0 Å². The Bertz CT molecular complexity index is 1720. The maximum atomic E-state index is 13.5. The molecule has 0 aliphatic carbocycles. The van der Waals surface area contributed by atoms with E-state index in [1.54, 1.807) is 20.8 Å². The molecule has 1 saturated heterocycles. The van der Waals surface area contributed by atoms with Crippen molar-refractivity contribution < 1.29 is 78.0 Å². The number of hydrogen-bond donors (Lipinski definition) is 12. The van der Waals surface area contributed by atoms with Gasteiger partial charge in [0.25, 0.3) is 0 Å². The van der Waals surface area contributed by atoms with Crippen LogP contribution in [0.4, 0.5) is 0 Å². The number of aliphatic carboxylic acids is 4. The summed E-state index contributed by atoms with van der Waals surface area (Å²) < 4.78 is 0. The van der Waals surface area contributed by atoms with E-state index >= 15 is 0 Å². The van der Waals surface area contributed by atoms with Crippen LogP contribution in [0.5, 0.6) is 0 Å². The molecule has 340 valence electrons. The monoisotopic (exact) mass is 887 g/mol.